The van der Waals surface area contributed by atoms with Gasteiger partial charge in [0, 0.05) is 37.5 Å². The van der Waals surface area contributed by atoms with Crippen LogP contribution in [0, 0.1) is 0 Å². The molecule has 0 heterocycles. The van der Waals surface area contributed by atoms with E-state index in [-0.39, 0.29) is 0 Å². The summed E-state index contributed by atoms with van der Waals surface area (Å²) in [5, 5.41) is 3.79. The fourth-order valence-corrected chi connectivity index (χ4v) is 9.37. The summed E-state index contributed by atoms with van der Waals surface area (Å²) in [6.45, 7) is 10.4. The lowest BCUT2D eigenvalue weighted by Crippen LogP contribution is -2.48. The van der Waals surface area contributed by atoms with Crippen LogP contribution in [0.3, 0.4) is 0 Å². The Bertz CT molecular complexity index is 577. The predicted molar refractivity (Wildman–Crippen MR) is 192 cm³/mol. The standard InChI is InChI=1S/C36H75NO4SSi/c1-6-10-12-14-15-16-17-18-19-20-21-22-23-24-26-27-30-35(37-5)34-41-43(39-8-3,40-9-4)33-29-32-42-36(38)31-28-25-13-11-7-2/h35,37H,6-34H2,1-5H3. The zero-order valence-electron chi connectivity index (χ0n) is 29.6. The maximum Gasteiger partial charge on any atom is 0.501 e. The summed E-state index contributed by atoms with van der Waals surface area (Å²) in [4.78, 5) is 12.3. The molecule has 0 aromatic rings. The Morgan fingerprint density at radius 3 is 1.49 bits per heavy atom. The average Bonchev–Trinajstić information content (AvgIpc) is 3.00. The van der Waals surface area contributed by atoms with Crippen molar-refractivity contribution in [3.63, 3.8) is 0 Å². The van der Waals surface area contributed by atoms with Gasteiger partial charge in [0.05, 0.1) is 6.61 Å². The Morgan fingerprint density at radius 2 is 1.05 bits per heavy atom. The van der Waals surface area contributed by atoms with Crippen LogP contribution in [0.2, 0.25) is 6.04 Å². The Kier molecular flexibility index (Phi) is 33.5. The van der Waals surface area contributed by atoms with E-state index in [0.717, 1.165) is 31.1 Å². The van der Waals surface area contributed by atoms with Crippen LogP contribution in [0.15, 0.2) is 0 Å². The third-order valence-corrected chi connectivity index (χ3v) is 12.5. The van der Waals surface area contributed by atoms with Crippen LogP contribution in [0.25, 0.3) is 0 Å². The van der Waals surface area contributed by atoms with E-state index in [1.165, 1.54) is 140 Å². The molecule has 0 aliphatic rings. The molecular formula is C36H75NO4SSi. The van der Waals surface area contributed by atoms with Crippen molar-refractivity contribution in [2.24, 2.45) is 0 Å². The molecule has 1 unspecified atom stereocenters. The summed E-state index contributed by atoms with van der Waals surface area (Å²) >= 11 is 1.48. The SMILES string of the molecule is CCCCCCCCCCCCCCCCCCC(CO[Si](CCCSC(=O)CCCCCCC)(OCC)OCC)NC. The fraction of sp³-hybridized carbons (Fsp3) is 0.972. The highest BCUT2D eigenvalue weighted by molar-refractivity contribution is 8.13. The molecule has 0 aromatic heterocycles. The van der Waals surface area contributed by atoms with Gasteiger partial charge in [0.15, 0.2) is 5.12 Å². The third-order valence-electron chi connectivity index (χ3n) is 8.42. The van der Waals surface area contributed by atoms with Gasteiger partial charge in [-0.05, 0) is 40.2 Å². The van der Waals surface area contributed by atoms with Gasteiger partial charge < -0.3 is 18.6 Å². The average molecular weight is 646 g/mol. The smallest absolute Gasteiger partial charge is 0.374 e. The van der Waals surface area contributed by atoms with E-state index in [1.54, 1.807) is 0 Å². The Balaban J connectivity index is 4.06. The van der Waals surface area contributed by atoms with Crippen LogP contribution in [-0.4, -0.2) is 52.6 Å². The van der Waals surface area contributed by atoms with E-state index in [1.807, 2.05) is 20.9 Å². The first-order valence-electron chi connectivity index (χ1n) is 18.8. The van der Waals surface area contributed by atoms with Gasteiger partial charge in [0.1, 0.15) is 0 Å². The zero-order chi connectivity index (χ0) is 31.7. The number of hydrogen-bond donors (Lipinski definition) is 1. The van der Waals surface area contributed by atoms with Crippen LogP contribution in [0.5, 0.6) is 0 Å². The van der Waals surface area contributed by atoms with Crippen molar-refractivity contribution in [2.75, 3.05) is 32.6 Å². The molecule has 258 valence electrons. The first kappa shape index (κ1) is 43.1. The number of nitrogens with one attached hydrogen (secondary N) is 1. The minimum atomic E-state index is -2.74. The summed E-state index contributed by atoms with van der Waals surface area (Å²) in [5.41, 5.74) is 0. The molecule has 0 amide bonds. The van der Waals surface area contributed by atoms with Gasteiger partial charge in [-0.2, -0.15) is 0 Å². The summed E-state index contributed by atoms with van der Waals surface area (Å²) in [5.74, 6) is 0.820. The van der Waals surface area contributed by atoms with Crippen molar-refractivity contribution in [3.05, 3.63) is 0 Å². The molecule has 0 aromatic carbocycles. The number of hydrogen-bond acceptors (Lipinski definition) is 6. The minimum Gasteiger partial charge on any atom is -0.374 e. The lowest BCUT2D eigenvalue weighted by Gasteiger charge is -2.30. The molecule has 5 nitrogen and oxygen atoms in total. The number of likely N-dealkylation sites (N-methyl/N-ethyl adjacent to an activating group) is 1. The van der Waals surface area contributed by atoms with E-state index < -0.39 is 8.80 Å². The summed E-state index contributed by atoms with van der Waals surface area (Å²) in [6, 6.07) is 1.10. The zero-order valence-corrected chi connectivity index (χ0v) is 31.4. The van der Waals surface area contributed by atoms with E-state index in [2.05, 4.69) is 19.2 Å². The number of carbonyl (C=O) groups excluding carboxylic acids is 1. The molecule has 0 aliphatic heterocycles. The first-order chi connectivity index (χ1) is 21.1. The van der Waals surface area contributed by atoms with E-state index in [0.29, 0.717) is 37.4 Å². The lowest BCUT2D eigenvalue weighted by molar-refractivity contribution is -0.111. The minimum absolute atomic E-state index is 0.322. The van der Waals surface area contributed by atoms with Crippen molar-refractivity contribution in [3.8, 4) is 0 Å². The number of rotatable bonds is 35. The predicted octanol–water partition coefficient (Wildman–Crippen LogP) is 11.3. The van der Waals surface area contributed by atoms with Gasteiger partial charge in [0.2, 0.25) is 0 Å². The quantitative estimate of drug-likeness (QED) is 0.0547. The van der Waals surface area contributed by atoms with Gasteiger partial charge in [-0.1, -0.05) is 154 Å². The molecule has 0 radical (unpaired) electrons. The molecule has 0 bridgehead atoms. The molecule has 0 saturated carbocycles. The van der Waals surface area contributed by atoms with Gasteiger partial charge in [0.25, 0.3) is 0 Å². The van der Waals surface area contributed by atoms with Gasteiger partial charge >= 0.3 is 8.80 Å². The highest BCUT2D eigenvalue weighted by Crippen LogP contribution is 2.22. The van der Waals surface area contributed by atoms with Crippen LogP contribution in [0.1, 0.15) is 182 Å². The first-order valence-corrected chi connectivity index (χ1v) is 21.7. The van der Waals surface area contributed by atoms with Crippen molar-refractivity contribution in [1.29, 1.82) is 0 Å². The molecule has 0 saturated heterocycles. The Labute approximate surface area is 274 Å². The van der Waals surface area contributed by atoms with Crippen LogP contribution >= 0.6 is 11.8 Å². The van der Waals surface area contributed by atoms with Crippen LogP contribution in [0.4, 0.5) is 0 Å². The fourth-order valence-electron chi connectivity index (χ4n) is 5.68. The highest BCUT2D eigenvalue weighted by atomic mass is 32.2. The van der Waals surface area contributed by atoms with E-state index in [9.17, 15) is 4.79 Å². The molecule has 1 N–H and O–H groups in total. The largest absolute Gasteiger partial charge is 0.501 e. The van der Waals surface area contributed by atoms with E-state index in [4.69, 9.17) is 13.3 Å². The van der Waals surface area contributed by atoms with Crippen molar-refractivity contribution < 1.29 is 18.1 Å². The highest BCUT2D eigenvalue weighted by Gasteiger charge is 2.40. The monoisotopic (exact) mass is 646 g/mol. The van der Waals surface area contributed by atoms with Crippen LogP contribution < -0.4 is 5.32 Å². The normalized spacial score (nSPS) is 12.7. The third kappa shape index (κ3) is 28.1. The van der Waals surface area contributed by atoms with Crippen molar-refractivity contribution >= 4 is 25.7 Å². The lowest BCUT2D eigenvalue weighted by atomic mass is 10.0. The molecular weight excluding hydrogens is 571 g/mol. The maximum atomic E-state index is 12.3. The molecule has 7 heteroatoms. The summed E-state index contributed by atoms with van der Waals surface area (Å²) in [7, 11) is -0.706. The topological polar surface area (TPSA) is 56.8 Å². The summed E-state index contributed by atoms with van der Waals surface area (Å²) < 4.78 is 18.9. The van der Waals surface area contributed by atoms with Crippen molar-refractivity contribution in [2.45, 2.75) is 194 Å². The molecule has 43 heavy (non-hydrogen) atoms. The van der Waals surface area contributed by atoms with Gasteiger partial charge in [-0.15, -0.1) is 0 Å². The van der Waals surface area contributed by atoms with Gasteiger partial charge in [-0.25, -0.2) is 0 Å². The molecule has 1 atom stereocenters. The molecule has 0 fully saturated rings. The summed E-state index contributed by atoms with van der Waals surface area (Å²) in [6.07, 6.45) is 31.0. The maximum absolute atomic E-state index is 12.3. The second-order valence-electron chi connectivity index (χ2n) is 12.4. The second kappa shape index (κ2) is 33.4. The van der Waals surface area contributed by atoms with E-state index >= 15 is 0 Å². The molecule has 0 aliphatic carbocycles. The van der Waals surface area contributed by atoms with Gasteiger partial charge in [-0.3, -0.25) is 4.79 Å². The van der Waals surface area contributed by atoms with Crippen LogP contribution in [-0.2, 0) is 18.1 Å². The number of carbonyl (C=O) groups is 1. The Morgan fingerprint density at radius 1 is 0.605 bits per heavy atom. The second-order valence-corrected chi connectivity index (χ2v) is 16.3. The Hall–Kier alpha value is 0.0769. The molecule has 0 rings (SSSR count). The number of thioether (sulfide) groups is 1. The van der Waals surface area contributed by atoms with Crippen molar-refractivity contribution in [1.82, 2.24) is 5.32 Å². The molecule has 0 spiro atoms. The number of unbranched alkanes of at least 4 members (excludes halogenated alkanes) is 19.